The molecule has 1 heterocycles. The molecule has 6 atom stereocenters. The highest BCUT2D eigenvalue weighted by atomic mass is 31.2. The number of aldehydes is 1. The summed E-state index contributed by atoms with van der Waals surface area (Å²) in [6, 6.07) is 0. The molecule has 0 radical (unpaired) electrons. The van der Waals surface area contributed by atoms with Crippen molar-refractivity contribution < 1.29 is 14.2 Å². The largest absolute Gasteiger partial charge is 0.303 e. The monoisotopic (exact) mass is 367 g/mol. The van der Waals surface area contributed by atoms with Gasteiger partial charge in [-0.1, -0.05) is 44.6 Å². The number of allylic oxidation sites excluding steroid dienone is 3. The minimum absolute atomic E-state index is 0.0499. The van der Waals surface area contributed by atoms with Crippen molar-refractivity contribution in [2.24, 2.45) is 17.8 Å². The minimum Gasteiger partial charge on any atom is -0.303 e. The Morgan fingerprint density at radius 2 is 1.88 bits per heavy atom. The molecule has 0 amide bonds. The van der Waals surface area contributed by atoms with Gasteiger partial charge in [-0.05, 0) is 51.4 Å². The average molecular weight is 367 g/mol. The van der Waals surface area contributed by atoms with Crippen LogP contribution in [0.5, 0.6) is 0 Å². The van der Waals surface area contributed by atoms with Gasteiger partial charge in [-0.25, -0.2) is 9.42 Å². The van der Waals surface area contributed by atoms with Gasteiger partial charge in [0.15, 0.2) is 0 Å². The quantitative estimate of drug-likeness (QED) is 0.404. The molecule has 25 heavy (non-hydrogen) atoms. The minimum atomic E-state index is -2.61. The lowest BCUT2D eigenvalue weighted by Gasteiger charge is -2.34. The van der Waals surface area contributed by atoms with Crippen LogP contribution in [-0.4, -0.2) is 29.1 Å². The fourth-order valence-corrected chi connectivity index (χ4v) is 6.87. The van der Waals surface area contributed by atoms with Crippen LogP contribution in [0.15, 0.2) is 24.3 Å². The van der Waals surface area contributed by atoms with Crippen LogP contribution >= 0.6 is 7.72 Å². The molecule has 0 saturated heterocycles. The van der Waals surface area contributed by atoms with E-state index in [9.17, 15) is 9.69 Å². The van der Waals surface area contributed by atoms with Crippen molar-refractivity contribution in [2.75, 3.05) is 6.16 Å². The predicted octanol–water partition coefficient (Wildman–Crippen LogP) is 5.56. The molecular weight excluding hydrogens is 331 g/mol. The van der Waals surface area contributed by atoms with Crippen LogP contribution in [0.4, 0.5) is 0 Å². The molecule has 5 unspecified atom stereocenters. The highest BCUT2D eigenvalue weighted by Crippen LogP contribution is 2.64. The molecule has 1 aliphatic carbocycles. The van der Waals surface area contributed by atoms with Gasteiger partial charge in [0.25, 0.3) is 7.72 Å². The molecule has 142 valence electrons. The molecule has 0 spiro atoms. The van der Waals surface area contributed by atoms with Gasteiger partial charge in [-0.3, -0.25) is 0 Å². The molecule has 0 saturated carbocycles. The van der Waals surface area contributed by atoms with Gasteiger partial charge in [0.05, 0.1) is 5.92 Å². The van der Waals surface area contributed by atoms with Gasteiger partial charge >= 0.3 is 0 Å². The Morgan fingerprint density at radius 1 is 1.16 bits per heavy atom. The lowest BCUT2D eigenvalue weighted by atomic mass is 9.84. The number of carbonyl (C=O) groups is 1. The van der Waals surface area contributed by atoms with Crippen molar-refractivity contribution in [3.8, 4) is 0 Å². The average Bonchev–Trinajstić information content (AvgIpc) is 2.57. The third-order valence-corrected chi connectivity index (χ3v) is 9.10. The van der Waals surface area contributed by atoms with Crippen LogP contribution in [0.25, 0.3) is 0 Å². The number of rotatable bonds is 3. The first-order valence-corrected chi connectivity index (χ1v) is 11.9. The van der Waals surface area contributed by atoms with Crippen LogP contribution in [0.2, 0.25) is 0 Å². The van der Waals surface area contributed by atoms with E-state index in [4.69, 9.17) is 4.52 Å². The van der Waals surface area contributed by atoms with Crippen LogP contribution in [-0.2, 0) is 9.32 Å². The number of hydrogen-bond acceptors (Lipinski definition) is 3. The molecule has 0 aromatic carbocycles. The van der Waals surface area contributed by atoms with Gasteiger partial charge in [0.2, 0.25) is 0 Å². The third-order valence-electron chi connectivity index (χ3n) is 5.73. The maximum absolute atomic E-state index is 11.5. The third kappa shape index (κ3) is 6.01. The van der Waals surface area contributed by atoms with Crippen molar-refractivity contribution in [3.05, 3.63) is 24.3 Å². The van der Waals surface area contributed by atoms with Crippen LogP contribution < -0.4 is 0 Å². The van der Waals surface area contributed by atoms with Crippen LogP contribution in [0, 0.1) is 17.8 Å². The van der Waals surface area contributed by atoms with Gasteiger partial charge < -0.3 is 4.79 Å². The summed E-state index contributed by atoms with van der Waals surface area (Å²) in [5.41, 5.74) is 0.131. The molecule has 1 aliphatic heterocycles. The molecule has 0 fully saturated rings. The molecule has 2 aliphatic rings. The Labute approximate surface area is 154 Å². The van der Waals surface area contributed by atoms with Crippen molar-refractivity contribution in [2.45, 2.75) is 77.5 Å². The summed E-state index contributed by atoms with van der Waals surface area (Å²) in [7, 11) is -2.61. The van der Waals surface area contributed by atoms with E-state index in [1.807, 2.05) is 6.92 Å². The summed E-state index contributed by atoms with van der Waals surface area (Å²) in [5, 5.41) is 0. The first kappa shape index (κ1) is 20.8. The zero-order chi connectivity index (χ0) is 18.3. The molecule has 4 heteroatoms. The van der Waals surface area contributed by atoms with Crippen LogP contribution in [0.3, 0.4) is 0 Å². The van der Waals surface area contributed by atoms with E-state index in [1.54, 1.807) is 0 Å². The summed E-state index contributed by atoms with van der Waals surface area (Å²) >= 11 is 0. The van der Waals surface area contributed by atoms with Gasteiger partial charge in [0, 0.05) is 5.92 Å². The Balaban J connectivity index is 2.32. The van der Waals surface area contributed by atoms with Crippen molar-refractivity contribution in [3.63, 3.8) is 0 Å². The summed E-state index contributed by atoms with van der Waals surface area (Å²) in [5.74, 6) is 0.564. The van der Waals surface area contributed by atoms with Crippen molar-refractivity contribution in [1.82, 2.24) is 0 Å². The van der Waals surface area contributed by atoms with E-state index in [0.29, 0.717) is 18.0 Å². The lowest BCUT2D eigenvalue weighted by Crippen LogP contribution is -2.31. The summed E-state index contributed by atoms with van der Waals surface area (Å²) in [6.45, 7) is 6.27. The Hall–Kier alpha value is -0.500. The highest BCUT2D eigenvalue weighted by molar-refractivity contribution is 7.66. The second-order valence-electron chi connectivity index (χ2n) is 8.05. The van der Waals surface area contributed by atoms with E-state index < -0.39 is 7.72 Å². The molecule has 0 bridgehead atoms. The maximum Gasteiger partial charge on any atom is 0.275 e. The first-order valence-electron chi connectivity index (χ1n) is 10.0. The van der Waals surface area contributed by atoms with Crippen LogP contribution in [0.1, 0.15) is 65.7 Å². The predicted molar refractivity (Wildman–Crippen MR) is 107 cm³/mol. The second kappa shape index (κ2) is 10.00. The lowest BCUT2D eigenvalue weighted by molar-refractivity contribution is -0.110. The zero-order valence-corrected chi connectivity index (χ0v) is 17.0. The Morgan fingerprint density at radius 3 is 2.64 bits per heavy atom. The summed E-state index contributed by atoms with van der Waals surface area (Å²) < 4.78 is 6.59. The molecule has 2 rings (SSSR count). The summed E-state index contributed by atoms with van der Waals surface area (Å²) in [4.78, 5) is 22.8. The molecular formula is C21H36O3P+. The zero-order valence-electron chi connectivity index (χ0n) is 16.1. The van der Waals surface area contributed by atoms with Gasteiger partial charge in [0.1, 0.15) is 24.2 Å². The normalized spacial score (nSPS) is 41.3. The smallest absolute Gasteiger partial charge is 0.275 e. The first-order chi connectivity index (χ1) is 12.0. The van der Waals surface area contributed by atoms with Crippen molar-refractivity contribution >= 4 is 14.0 Å². The molecule has 0 aromatic rings. The molecule has 3 nitrogen and oxygen atoms in total. The standard InChI is InChI=1S/C21H36O3P/c1-17(15-22)16-25(23)19(3)12-8-6-7-11-18(2)20-13-9-4-5-10-14-21(20)24-25/h7,9,11,13,15,17-21,23H,4-6,8,10,12,14,16H2,1-3H3/q+1/b11-7-,13-9-/t17?,18?,19?,20?,21-,25?/m0/s1. The Bertz CT molecular complexity index is 476. The number of carbonyl (C=O) groups excluding carboxylic acids is 1. The SMILES string of the molecule is CC(C=O)C[P+]1(O)O[C@H]2CCCC/C=C\C2C(C)/C=C\CCCC1C. The van der Waals surface area contributed by atoms with E-state index >= 15 is 0 Å². The van der Waals surface area contributed by atoms with E-state index in [1.165, 1.54) is 6.42 Å². The summed E-state index contributed by atoms with van der Waals surface area (Å²) in [6.07, 6.45) is 18.3. The fraction of sp³-hybridized carbons (Fsp3) is 0.762. The molecule has 0 aromatic heterocycles. The second-order valence-corrected chi connectivity index (χ2v) is 11.0. The topological polar surface area (TPSA) is 46.5 Å². The molecule has 1 N–H and O–H groups in total. The number of hydrogen-bond donors (Lipinski definition) is 1. The fourth-order valence-electron chi connectivity index (χ4n) is 4.00. The van der Waals surface area contributed by atoms with E-state index in [-0.39, 0.29) is 17.7 Å². The van der Waals surface area contributed by atoms with E-state index in [0.717, 1.165) is 44.8 Å². The highest BCUT2D eigenvalue weighted by Gasteiger charge is 2.49. The number of fused-ring (bicyclic) bond motifs is 1. The van der Waals surface area contributed by atoms with Gasteiger partial charge in [-0.2, -0.15) is 0 Å². The van der Waals surface area contributed by atoms with Crippen molar-refractivity contribution in [1.29, 1.82) is 0 Å². The Kier molecular flexibility index (Phi) is 8.32. The van der Waals surface area contributed by atoms with E-state index in [2.05, 4.69) is 38.2 Å². The maximum atomic E-state index is 11.5. The van der Waals surface area contributed by atoms with Gasteiger partial charge in [-0.15, -0.1) is 0 Å².